The first-order valence-electron chi connectivity index (χ1n) is 4.25. The second-order valence-corrected chi connectivity index (χ2v) is 3.51. The lowest BCUT2D eigenvalue weighted by Crippen LogP contribution is -2.25. The first-order valence-corrected chi connectivity index (χ1v) is 4.63. The summed E-state index contributed by atoms with van der Waals surface area (Å²) in [6.07, 6.45) is -2.40. The molecule has 0 fully saturated rings. The number of hydrogen-bond donors (Lipinski definition) is 0. The number of alkyl halides is 2. The zero-order valence-electron chi connectivity index (χ0n) is 7.58. The Kier molecular flexibility index (Phi) is 1.74. The fraction of sp³-hybridized carbons (Fsp3) is 0.111. The van der Waals surface area contributed by atoms with E-state index >= 15 is 0 Å². The normalized spacial score (nSPS) is 16.7. The molecule has 2 aromatic rings. The summed E-state index contributed by atoms with van der Waals surface area (Å²) in [4.78, 5) is 7.63. The van der Waals surface area contributed by atoms with E-state index in [0.29, 0.717) is 10.9 Å². The van der Waals surface area contributed by atoms with Crippen molar-refractivity contribution in [2.75, 3.05) is 0 Å². The highest BCUT2D eigenvalue weighted by Crippen LogP contribution is 2.43. The lowest BCUT2D eigenvalue weighted by Gasteiger charge is -2.04. The quantitative estimate of drug-likeness (QED) is 0.668. The lowest BCUT2D eigenvalue weighted by atomic mass is 10.2. The van der Waals surface area contributed by atoms with Crippen LogP contribution in [0.25, 0.3) is 10.9 Å². The van der Waals surface area contributed by atoms with Crippen molar-refractivity contribution in [3.63, 3.8) is 0 Å². The topological polar surface area (TPSA) is 44.2 Å². The molecule has 0 spiro atoms. The minimum atomic E-state index is -3.64. The molecule has 0 amide bonds. The van der Waals surface area contributed by atoms with Gasteiger partial charge in [-0.05, 0) is 6.07 Å². The number of fused-ring (bicyclic) bond motifs is 2. The fourth-order valence-corrected chi connectivity index (χ4v) is 1.66. The maximum Gasteiger partial charge on any atom is 0.586 e. The summed E-state index contributed by atoms with van der Waals surface area (Å²) in [6, 6.07) is 2.66. The van der Waals surface area contributed by atoms with Gasteiger partial charge in [-0.15, -0.1) is 8.78 Å². The van der Waals surface area contributed by atoms with E-state index in [1.165, 1.54) is 18.5 Å². The average molecular weight is 245 g/mol. The molecule has 4 nitrogen and oxygen atoms in total. The molecule has 0 aliphatic carbocycles. The highest BCUT2D eigenvalue weighted by atomic mass is 35.5. The van der Waals surface area contributed by atoms with Gasteiger partial charge in [0.25, 0.3) is 0 Å². The van der Waals surface area contributed by atoms with Crippen LogP contribution in [0.15, 0.2) is 18.5 Å². The highest BCUT2D eigenvalue weighted by molar-refractivity contribution is 6.34. The van der Waals surface area contributed by atoms with Crippen LogP contribution in [-0.4, -0.2) is 16.3 Å². The molecule has 1 aliphatic rings. The predicted octanol–water partition coefficient (Wildman–Crippen LogP) is 2.60. The van der Waals surface area contributed by atoms with Crippen molar-refractivity contribution in [3.8, 4) is 11.5 Å². The van der Waals surface area contributed by atoms with E-state index < -0.39 is 6.29 Å². The number of aromatic nitrogens is 2. The van der Waals surface area contributed by atoms with Crippen LogP contribution in [0.1, 0.15) is 0 Å². The molecule has 0 saturated carbocycles. The molecule has 1 aromatic heterocycles. The van der Waals surface area contributed by atoms with Crippen molar-refractivity contribution < 1.29 is 18.3 Å². The van der Waals surface area contributed by atoms with E-state index in [1.807, 2.05) is 0 Å². The largest absolute Gasteiger partial charge is 0.586 e. The van der Waals surface area contributed by atoms with Gasteiger partial charge in [-0.2, -0.15) is 0 Å². The summed E-state index contributed by atoms with van der Waals surface area (Å²) < 4.78 is 34.1. The standard InChI is InChI=1S/C9H3ClF2N2O2/c10-8-4-1-6-7(16-9(11,12)15-6)2-5(4)13-3-14-8/h1-3H. The maximum atomic E-state index is 12.8. The van der Waals surface area contributed by atoms with E-state index in [2.05, 4.69) is 19.4 Å². The SMILES string of the molecule is FC1(F)Oc2cc3ncnc(Cl)c3cc2O1. The van der Waals surface area contributed by atoms with E-state index in [4.69, 9.17) is 11.6 Å². The van der Waals surface area contributed by atoms with Crippen molar-refractivity contribution >= 4 is 22.5 Å². The Hall–Kier alpha value is -1.69. The first-order chi connectivity index (χ1) is 7.55. The van der Waals surface area contributed by atoms with Crippen LogP contribution in [0.3, 0.4) is 0 Å². The summed E-state index contributed by atoms with van der Waals surface area (Å²) in [5.74, 6) is -0.138. The molecular weight excluding hydrogens is 242 g/mol. The van der Waals surface area contributed by atoms with Crippen molar-refractivity contribution in [2.45, 2.75) is 6.29 Å². The second-order valence-electron chi connectivity index (χ2n) is 3.15. The van der Waals surface area contributed by atoms with Gasteiger partial charge in [0.2, 0.25) is 0 Å². The van der Waals surface area contributed by atoms with Gasteiger partial charge in [0.15, 0.2) is 11.5 Å². The van der Waals surface area contributed by atoms with E-state index in [0.717, 1.165) is 0 Å². The van der Waals surface area contributed by atoms with Crippen LogP contribution in [0.4, 0.5) is 8.78 Å². The zero-order valence-corrected chi connectivity index (χ0v) is 8.33. The number of rotatable bonds is 0. The third-order valence-electron chi connectivity index (χ3n) is 2.11. The molecule has 1 aliphatic heterocycles. The van der Waals surface area contributed by atoms with Crippen molar-refractivity contribution in [2.24, 2.45) is 0 Å². The van der Waals surface area contributed by atoms with E-state index in [9.17, 15) is 8.78 Å². The van der Waals surface area contributed by atoms with Crippen LogP contribution >= 0.6 is 11.6 Å². The Labute approximate surface area is 92.8 Å². The Bertz CT molecular complexity index is 591. The summed E-state index contributed by atoms with van der Waals surface area (Å²) in [5.41, 5.74) is 0.417. The summed E-state index contributed by atoms with van der Waals surface area (Å²) in [7, 11) is 0. The Morgan fingerprint density at radius 3 is 2.56 bits per heavy atom. The van der Waals surface area contributed by atoms with Crippen molar-refractivity contribution in [1.29, 1.82) is 0 Å². The maximum absolute atomic E-state index is 12.8. The first kappa shape index (κ1) is 9.53. The molecule has 0 bridgehead atoms. The van der Waals surface area contributed by atoms with Crippen LogP contribution < -0.4 is 9.47 Å². The molecule has 0 N–H and O–H groups in total. The Balaban J connectivity index is 2.26. The number of ether oxygens (including phenoxy) is 2. The zero-order chi connectivity index (χ0) is 11.3. The van der Waals surface area contributed by atoms with Gasteiger partial charge in [0.05, 0.1) is 5.52 Å². The van der Waals surface area contributed by atoms with E-state index in [-0.39, 0.29) is 16.7 Å². The highest BCUT2D eigenvalue weighted by Gasteiger charge is 2.43. The number of hydrogen-bond acceptors (Lipinski definition) is 4. The van der Waals surface area contributed by atoms with Crippen LogP contribution in [0, 0.1) is 0 Å². The van der Waals surface area contributed by atoms with E-state index in [1.54, 1.807) is 0 Å². The van der Waals surface area contributed by atoms with Gasteiger partial charge in [-0.25, -0.2) is 9.97 Å². The molecule has 1 aromatic carbocycles. The predicted molar refractivity (Wildman–Crippen MR) is 50.8 cm³/mol. The van der Waals surface area contributed by atoms with Gasteiger partial charge in [0, 0.05) is 11.5 Å². The lowest BCUT2D eigenvalue weighted by molar-refractivity contribution is -0.286. The van der Waals surface area contributed by atoms with Gasteiger partial charge in [-0.3, -0.25) is 0 Å². The molecule has 82 valence electrons. The number of nitrogens with zero attached hydrogens (tertiary/aromatic N) is 2. The van der Waals surface area contributed by atoms with Crippen molar-refractivity contribution in [3.05, 3.63) is 23.6 Å². The van der Waals surface area contributed by atoms with Gasteiger partial charge in [0.1, 0.15) is 11.5 Å². The van der Waals surface area contributed by atoms with Crippen molar-refractivity contribution in [1.82, 2.24) is 9.97 Å². The molecule has 0 unspecified atom stereocenters. The minimum Gasteiger partial charge on any atom is -0.395 e. The molecule has 16 heavy (non-hydrogen) atoms. The van der Waals surface area contributed by atoms with Crippen LogP contribution in [0.5, 0.6) is 11.5 Å². The third kappa shape index (κ3) is 1.34. The monoisotopic (exact) mass is 244 g/mol. The second kappa shape index (κ2) is 2.91. The number of halogens is 3. The Morgan fingerprint density at radius 1 is 1.12 bits per heavy atom. The molecule has 0 radical (unpaired) electrons. The molecular formula is C9H3ClF2N2O2. The number of benzene rings is 1. The Morgan fingerprint density at radius 2 is 1.81 bits per heavy atom. The minimum absolute atomic E-state index is 0.0627. The van der Waals surface area contributed by atoms with Crippen LogP contribution in [0.2, 0.25) is 5.15 Å². The fourth-order valence-electron chi connectivity index (χ4n) is 1.47. The van der Waals surface area contributed by atoms with Gasteiger partial charge < -0.3 is 9.47 Å². The third-order valence-corrected chi connectivity index (χ3v) is 2.41. The van der Waals surface area contributed by atoms with Gasteiger partial charge >= 0.3 is 6.29 Å². The average Bonchev–Trinajstić information content (AvgIpc) is 2.48. The molecule has 3 rings (SSSR count). The summed E-state index contributed by atoms with van der Waals surface area (Å²) in [6.45, 7) is 0. The summed E-state index contributed by atoms with van der Waals surface area (Å²) >= 11 is 5.79. The van der Waals surface area contributed by atoms with Crippen LogP contribution in [-0.2, 0) is 0 Å². The molecule has 2 heterocycles. The molecule has 7 heteroatoms. The summed E-state index contributed by atoms with van der Waals surface area (Å²) in [5, 5.41) is 0.607. The van der Waals surface area contributed by atoms with Gasteiger partial charge in [-0.1, -0.05) is 11.6 Å². The molecule has 0 atom stereocenters. The molecule has 0 saturated heterocycles. The smallest absolute Gasteiger partial charge is 0.395 e.